The summed E-state index contributed by atoms with van der Waals surface area (Å²) in [6.45, 7) is 5.87. The SMILES string of the molecule is NC(=O)c1cc(-c2ccc(CN3CCN(CCO)CC3)cc2)cnc1N. The van der Waals surface area contributed by atoms with Gasteiger partial charge in [0.1, 0.15) is 5.82 Å². The zero-order chi connectivity index (χ0) is 18.5. The number of piperazine rings is 1. The van der Waals surface area contributed by atoms with Crippen molar-refractivity contribution in [2.75, 3.05) is 45.1 Å². The number of pyridine rings is 1. The van der Waals surface area contributed by atoms with Crippen LogP contribution in [0.5, 0.6) is 0 Å². The molecule has 0 spiro atoms. The minimum atomic E-state index is -0.575. The van der Waals surface area contributed by atoms with Gasteiger partial charge in [-0.25, -0.2) is 4.98 Å². The van der Waals surface area contributed by atoms with Crippen molar-refractivity contribution in [1.82, 2.24) is 14.8 Å². The fraction of sp³-hybridized carbons (Fsp3) is 0.368. The Hall–Kier alpha value is -2.48. The summed E-state index contributed by atoms with van der Waals surface area (Å²) in [5.41, 5.74) is 14.3. The van der Waals surface area contributed by atoms with Gasteiger partial charge in [0.15, 0.2) is 0 Å². The quantitative estimate of drug-likeness (QED) is 0.698. The molecule has 7 heteroatoms. The van der Waals surface area contributed by atoms with E-state index < -0.39 is 5.91 Å². The number of hydrogen-bond acceptors (Lipinski definition) is 6. The summed E-state index contributed by atoms with van der Waals surface area (Å²) in [5.74, 6) is -0.424. The summed E-state index contributed by atoms with van der Waals surface area (Å²) in [6, 6.07) is 9.91. The maximum Gasteiger partial charge on any atom is 0.252 e. The first kappa shape index (κ1) is 18.3. The van der Waals surface area contributed by atoms with E-state index in [9.17, 15) is 4.79 Å². The molecule has 1 aromatic carbocycles. The molecule has 0 unspecified atom stereocenters. The Kier molecular flexibility index (Phi) is 5.82. The molecule has 7 nitrogen and oxygen atoms in total. The number of benzene rings is 1. The number of aliphatic hydroxyl groups excluding tert-OH is 1. The highest BCUT2D eigenvalue weighted by Gasteiger charge is 2.16. The smallest absolute Gasteiger partial charge is 0.252 e. The fourth-order valence-corrected chi connectivity index (χ4v) is 3.20. The van der Waals surface area contributed by atoms with Gasteiger partial charge in [0.2, 0.25) is 0 Å². The molecule has 26 heavy (non-hydrogen) atoms. The maximum absolute atomic E-state index is 11.4. The van der Waals surface area contributed by atoms with E-state index in [4.69, 9.17) is 16.6 Å². The number of anilines is 1. The Morgan fingerprint density at radius 1 is 1.08 bits per heavy atom. The number of aromatic nitrogens is 1. The number of rotatable bonds is 6. The average Bonchev–Trinajstić information content (AvgIpc) is 2.64. The van der Waals surface area contributed by atoms with Crippen molar-refractivity contribution in [1.29, 1.82) is 0 Å². The second-order valence-corrected chi connectivity index (χ2v) is 6.56. The lowest BCUT2D eigenvalue weighted by Crippen LogP contribution is -2.46. The number of primary amides is 1. The first-order chi connectivity index (χ1) is 12.6. The van der Waals surface area contributed by atoms with Gasteiger partial charge in [-0.1, -0.05) is 24.3 Å². The molecule has 0 atom stereocenters. The summed E-state index contributed by atoms with van der Waals surface area (Å²) in [7, 11) is 0. The molecule has 138 valence electrons. The van der Waals surface area contributed by atoms with E-state index in [1.54, 1.807) is 12.3 Å². The molecule has 3 rings (SSSR count). The molecule has 1 aliphatic rings. The number of aliphatic hydroxyl groups is 1. The number of nitrogens with zero attached hydrogens (tertiary/aromatic N) is 3. The van der Waals surface area contributed by atoms with Gasteiger partial charge in [-0.2, -0.15) is 0 Å². The average molecular weight is 355 g/mol. The van der Waals surface area contributed by atoms with Crippen LogP contribution in [0, 0.1) is 0 Å². The zero-order valence-corrected chi connectivity index (χ0v) is 14.8. The van der Waals surface area contributed by atoms with Crippen LogP contribution in [-0.2, 0) is 6.54 Å². The van der Waals surface area contributed by atoms with Crippen LogP contribution in [0.1, 0.15) is 15.9 Å². The van der Waals surface area contributed by atoms with Crippen LogP contribution < -0.4 is 11.5 Å². The van der Waals surface area contributed by atoms with Crippen molar-refractivity contribution in [3.8, 4) is 11.1 Å². The molecule has 1 aromatic heterocycles. The second-order valence-electron chi connectivity index (χ2n) is 6.56. The van der Waals surface area contributed by atoms with Crippen LogP contribution in [0.15, 0.2) is 36.5 Å². The molecule has 0 radical (unpaired) electrons. The van der Waals surface area contributed by atoms with Crippen molar-refractivity contribution in [2.45, 2.75) is 6.54 Å². The van der Waals surface area contributed by atoms with Crippen LogP contribution in [-0.4, -0.2) is 65.1 Å². The summed E-state index contributed by atoms with van der Waals surface area (Å²) in [4.78, 5) is 20.2. The third-order valence-electron chi connectivity index (χ3n) is 4.76. The summed E-state index contributed by atoms with van der Waals surface area (Å²) in [5, 5.41) is 9.01. The first-order valence-electron chi connectivity index (χ1n) is 8.77. The predicted octanol–water partition coefficient (Wildman–Crippen LogP) is 0.540. The van der Waals surface area contributed by atoms with E-state index >= 15 is 0 Å². The van der Waals surface area contributed by atoms with Gasteiger partial charge < -0.3 is 16.6 Å². The Balaban J connectivity index is 1.64. The van der Waals surface area contributed by atoms with Gasteiger partial charge in [0.25, 0.3) is 5.91 Å². The van der Waals surface area contributed by atoms with Gasteiger partial charge in [0, 0.05) is 51.0 Å². The minimum absolute atomic E-state index is 0.151. The number of hydrogen-bond donors (Lipinski definition) is 3. The normalized spacial score (nSPS) is 15.9. The third kappa shape index (κ3) is 4.37. The molecule has 5 N–H and O–H groups in total. The maximum atomic E-state index is 11.4. The number of amides is 1. The molecular formula is C19H25N5O2. The summed E-state index contributed by atoms with van der Waals surface area (Å²) < 4.78 is 0. The van der Waals surface area contributed by atoms with Crippen LogP contribution in [0.25, 0.3) is 11.1 Å². The molecule has 2 aromatic rings. The first-order valence-corrected chi connectivity index (χ1v) is 8.77. The highest BCUT2D eigenvalue weighted by Crippen LogP contribution is 2.23. The van der Waals surface area contributed by atoms with Crippen LogP contribution in [0.4, 0.5) is 5.82 Å². The van der Waals surface area contributed by atoms with Crippen LogP contribution in [0.3, 0.4) is 0 Å². The molecule has 0 aliphatic carbocycles. The number of carbonyl (C=O) groups is 1. The molecule has 2 heterocycles. The molecular weight excluding hydrogens is 330 g/mol. The molecule has 1 aliphatic heterocycles. The number of nitrogen functional groups attached to an aromatic ring is 1. The van der Waals surface area contributed by atoms with E-state index in [-0.39, 0.29) is 18.0 Å². The van der Waals surface area contributed by atoms with E-state index in [0.29, 0.717) is 0 Å². The number of carbonyl (C=O) groups excluding carboxylic acids is 1. The lowest BCUT2D eigenvalue weighted by atomic mass is 10.0. The zero-order valence-electron chi connectivity index (χ0n) is 14.8. The Labute approximate surface area is 153 Å². The van der Waals surface area contributed by atoms with Gasteiger partial charge in [-0.05, 0) is 17.2 Å². The highest BCUT2D eigenvalue weighted by molar-refractivity contribution is 5.98. The molecule has 1 fully saturated rings. The molecule has 0 bridgehead atoms. The van der Waals surface area contributed by atoms with Crippen molar-refractivity contribution in [3.05, 3.63) is 47.7 Å². The minimum Gasteiger partial charge on any atom is -0.395 e. The largest absolute Gasteiger partial charge is 0.395 e. The monoisotopic (exact) mass is 355 g/mol. The Morgan fingerprint density at radius 2 is 1.73 bits per heavy atom. The van der Waals surface area contributed by atoms with E-state index in [1.807, 2.05) is 12.1 Å². The van der Waals surface area contributed by atoms with Gasteiger partial charge in [-0.3, -0.25) is 14.6 Å². The second kappa shape index (κ2) is 8.27. The van der Waals surface area contributed by atoms with Crippen molar-refractivity contribution in [2.24, 2.45) is 5.73 Å². The van der Waals surface area contributed by atoms with E-state index in [0.717, 1.165) is 50.4 Å². The van der Waals surface area contributed by atoms with Crippen LogP contribution in [0.2, 0.25) is 0 Å². The van der Waals surface area contributed by atoms with Gasteiger partial charge in [-0.15, -0.1) is 0 Å². The molecule has 1 amide bonds. The highest BCUT2D eigenvalue weighted by atomic mass is 16.3. The van der Waals surface area contributed by atoms with Crippen LogP contribution >= 0.6 is 0 Å². The van der Waals surface area contributed by atoms with Gasteiger partial charge in [0.05, 0.1) is 12.2 Å². The van der Waals surface area contributed by atoms with Crippen molar-refractivity contribution >= 4 is 11.7 Å². The van der Waals surface area contributed by atoms with Crippen molar-refractivity contribution in [3.63, 3.8) is 0 Å². The Morgan fingerprint density at radius 3 is 2.35 bits per heavy atom. The van der Waals surface area contributed by atoms with E-state index in [1.165, 1.54) is 5.56 Å². The standard InChI is InChI=1S/C19H25N5O2/c20-18-17(19(21)26)11-16(12-22-18)15-3-1-14(2-4-15)13-24-7-5-23(6-8-24)9-10-25/h1-4,11-12,25H,5-10,13H2,(H2,20,22)(H2,21,26). The topological polar surface area (TPSA) is 109 Å². The molecule has 1 saturated heterocycles. The molecule has 0 saturated carbocycles. The number of β-amino-alcohol motifs (C(OH)–C–C–N with tert-alkyl or cyclic N) is 1. The third-order valence-corrected chi connectivity index (χ3v) is 4.76. The lowest BCUT2D eigenvalue weighted by Gasteiger charge is -2.34. The lowest BCUT2D eigenvalue weighted by molar-refractivity contribution is 0.100. The van der Waals surface area contributed by atoms with E-state index in [2.05, 4.69) is 26.9 Å². The predicted molar refractivity (Wildman–Crippen MR) is 101 cm³/mol. The van der Waals surface area contributed by atoms with Gasteiger partial charge >= 0.3 is 0 Å². The summed E-state index contributed by atoms with van der Waals surface area (Å²) in [6.07, 6.45) is 1.65. The summed E-state index contributed by atoms with van der Waals surface area (Å²) >= 11 is 0. The Bertz CT molecular complexity index is 755. The number of nitrogens with two attached hydrogens (primary N) is 2. The fourth-order valence-electron chi connectivity index (χ4n) is 3.20. The van der Waals surface area contributed by atoms with Crippen molar-refractivity contribution < 1.29 is 9.90 Å².